The predicted molar refractivity (Wildman–Crippen MR) is 135 cm³/mol. The molecule has 34 heavy (non-hydrogen) atoms. The number of hydrogen-bond donors (Lipinski definition) is 0. The summed E-state index contributed by atoms with van der Waals surface area (Å²) in [4.78, 5) is 32.4. The summed E-state index contributed by atoms with van der Waals surface area (Å²) in [5, 5.41) is 1.94. The van der Waals surface area contributed by atoms with Crippen LogP contribution in [0.4, 0.5) is 0 Å². The summed E-state index contributed by atoms with van der Waals surface area (Å²) in [5.41, 5.74) is 4.99. The van der Waals surface area contributed by atoms with Crippen molar-refractivity contribution in [1.29, 1.82) is 0 Å². The number of thiophene rings is 1. The summed E-state index contributed by atoms with van der Waals surface area (Å²) in [6, 6.07) is 15.5. The molecule has 0 saturated heterocycles. The minimum absolute atomic E-state index is 0.166. The molecule has 1 aliphatic rings. The topological polar surface area (TPSA) is 65.6 Å². The molecule has 1 atom stereocenters. The summed E-state index contributed by atoms with van der Waals surface area (Å²) in [7, 11) is 1.35. The third-order valence-corrected chi connectivity index (χ3v) is 7.92. The zero-order chi connectivity index (χ0) is 24.0. The lowest BCUT2D eigenvalue weighted by Gasteiger charge is -2.22. The van der Waals surface area contributed by atoms with E-state index in [4.69, 9.17) is 4.74 Å². The molecule has 3 aromatic heterocycles. The highest BCUT2D eigenvalue weighted by atomic mass is 32.1. The Morgan fingerprint density at radius 2 is 1.88 bits per heavy atom. The second-order valence-corrected chi connectivity index (χ2v) is 10.1. The van der Waals surface area contributed by atoms with Gasteiger partial charge >= 0.3 is 5.97 Å². The van der Waals surface area contributed by atoms with Gasteiger partial charge in [-0.15, -0.1) is 11.3 Å². The molecular formula is C26H23N3O3S2. The van der Waals surface area contributed by atoms with Crippen LogP contribution in [0.3, 0.4) is 0 Å². The predicted octanol–water partition coefficient (Wildman–Crippen LogP) is 3.88. The van der Waals surface area contributed by atoms with Gasteiger partial charge < -0.3 is 9.30 Å². The Kier molecular flexibility index (Phi) is 5.71. The average Bonchev–Trinajstić information content (AvgIpc) is 3.53. The minimum Gasteiger partial charge on any atom is -0.466 e. The van der Waals surface area contributed by atoms with Crippen LogP contribution in [0.2, 0.25) is 0 Å². The fraction of sp³-hybridized carbons (Fsp3) is 0.192. The van der Waals surface area contributed by atoms with Gasteiger partial charge in [0, 0.05) is 22.0 Å². The Morgan fingerprint density at radius 3 is 2.56 bits per heavy atom. The molecule has 4 aromatic rings. The number of hydrogen-bond acceptors (Lipinski definition) is 6. The number of carbonyl (C=O) groups is 1. The smallest absolute Gasteiger partial charge is 0.338 e. The molecule has 0 aliphatic carbocycles. The van der Waals surface area contributed by atoms with Gasteiger partial charge in [0.15, 0.2) is 4.80 Å². The molecule has 1 aromatic carbocycles. The van der Waals surface area contributed by atoms with Gasteiger partial charge in [-0.05, 0) is 62.1 Å². The van der Waals surface area contributed by atoms with Gasteiger partial charge in [0.2, 0.25) is 0 Å². The molecule has 0 bridgehead atoms. The van der Waals surface area contributed by atoms with Crippen molar-refractivity contribution in [3.63, 3.8) is 0 Å². The van der Waals surface area contributed by atoms with Crippen molar-refractivity contribution in [1.82, 2.24) is 9.13 Å². The number of nitrogens with zero attached hydrogens (tertiary/aromatic N) is 3. The molecule has 1 unspecified atom stereocenters. The summed E-state index contributed by atoms with van der Waals surface area (Å²) in [5.74, 6) is -0.472. The summed E-state index contributed by atoms with van der Waals surface area (Å²) in [6.07, 6.45) is 1.92. The van der Waals surface area contributed by atoms with Crippen LogP contribution in [0.15, 0.2) is 75.0 Å². The standard InChI is InChI=1S/C26H23N3O3S2/c1-15-13-18(17(3)28(15)19-9-6-5-7-10-19)14-21-24(30)29-23(20-11-8-12-33-20)22(25(31)32-4)16(2)27-26(29)34-21/h5-14,23H,1-4H3. The number of thiazole rings is 1. The van der Waals surface area contributed by atoms with Crippen LogP contribution < -0.4 is 14.9 Å². The van der Waals surface area contributed by atoms with Gasteiger partial charge in [-0.25, -0.2) is 9.79 Å². The molecule has 0 radical (unpaired) electrons. The van der Waals surface area contributed by atoms with E-state index in [1.54, 1.807) is 11.5 Å². The van der Waals surface area contributed by atoms with Crippen molar-refractivity contribution in [3.8, 4) is 5.69 Å². The molecular weight excluding hydrogens is 466 g/mol. The molecule has 6 nitrogen and oxygen atoms in total. The first kappa shape index (κ1) is 22.3. The highest BCUT2D eigenvalue weighted by Gasteiger charge is 2.33. The maximum absolute atomic E-state index is 13.7. The lowest BCUT2D eigenvalue weighted by molar-refractivity contribution is -0.136. The number of rotatable bonds is 4. The second-order valence-electron chi connectivity index (χ2n) is 8.09. The van der Waals surface area contributed by atoms with E-state index in [-0.39, 0.29) is 5.56 Å². The van der Waals surface area contributed by atoms with E-state index >= 15 is 0 Å². The fourth-order valence-electron chi connectivity index (χ4n) is 4.46. The number of carbonyl (C=O) groups excluding carboxylic acids is 1. The molecule has 0 N–H and O–H groups in total. The summed E-state index contributed by atoms with van der Waals surface area (Å²) in [6.45, 7) is 5.90. The number of allylic oxidation sites excluding steroid dienone is 1. The highest BCUT2D eigenvalue weighted by molar-refractivity contribution is 7.10. The van der Waals surface area contributed by atoms with Gasteiger partial charge in [-0.2, -0.15) is 0 Å². The van der Waals surface area contributed by atoms with Crippen LogP contribution in [-0.2, 0) is 9.53 Å². The molecule has 0 amide bonds. The van der Waals surface area contributed by atoms with E-state index in [0.717, 1.165) is 27.5 Å². The maximum Gasteiger partial charge on any atom is 0.338 e. The Balaban J connectivity index is 1.70. The van der Waals surface area contributed by atoms with E-state index in [2.05, 4.69) is 41.6 Å². The average molecular weight is 490 g/mol. The first-order valence-corrected chi connectivity index (χ1v) is 12.5. The summed E-state index contributed by atoms with van der Waals surface area (Å²) < 4.78 is 9.42. The molecule has 0 spiro atoms. The van der Waals surface area contributed by atoms with Gasteiger partial charge in [0.25, 0.3) is 5.56 Å². The van der Waals surface area contributed by atoms with E-state index in [9.17, 15) is 9.59 Å². The highest BCUT2D eigenvalue weighted by Crippen LogP contribution is 2.33. The Labute approximate surface area is 204 Å². The van der Waals surface area contributed by atoms with Crippen LogP contribution in [0.25, 0.3) is 11.8 Å². The number of methoxy groups -OCH3 is 1. The Bertz CT molecular complexity index is 1600. The van der Waals surface area contributed by atoms with Gasteiger partial charge in [-0.3, -0.25) is 9.36 Å². The van der Waals surface area contributed by atoms with Crippen LogP contribution in [0, 0.1) is 13.8 Å². The van der Waals surface area contributed by atoms with Crippen LogP contribution >= 0.6 is 22.7 Å². The minimum atomic E-state index is -0.553. The monoisotopic (exact) mass is 489 g/mol. The molecule has 0 saturated carbocycles. The van der Waals surface area contributed by atoms with Crippen molar-refractivity contribution in [2.24, 2.45) is 4.99 Å². The lowest BCUT2D eigenvalue weighted by atomic mass is 10.0. The SMILES string of the molecule is COC(=O)C1=C(C)N=c2sc(=Cc3cc(C)n(-c4ccccc4)c3C)c(=O)n2C1c1cccs1. The first-order valence-electron chi connectivity index (χ1n) is 10.8. The largest absolute Gasteiger partial charge is 0.466 e. The molecule has 5 rings (SSSR count). The summed E-state index contributed by atoms with van der Waals surface area (Å²) >= 11 is 2.84. The normalized spacial score (nSPS) is 15.9. The molecule has 1 aliphatic heterocycles. The molecule has 8 heteroatoms. The van der Waals surface area contributed by atoms with Crippen molar-refractivity contribution >= 4 is 34.7 Å². The number of esters is 1. The number of ether oxygens (including phenoxy) is 1. The van der Waals surface area contributed by atoms with Crippen molar-refractivity contribution in [2.75, 3.05) is 7.11 Å². The first-order chi connectivity index (χ1) is 16.4. The van der Waals surface area contributed by atoms with Crippen LogP contribution in [-0.4, -0.2) is 22.2 Å². The molecule has 172 valence electrons. The van der Waals surface area contributed by atoms with E-state index in [1.165, 1.54) is 29.8 Å². The Morgan fingerprint density at radius 1 is 1.12 bits per heavy atom. The van der Waals surface area contributed by atoms with Crippen LogP contribution in [0.1, 0.15) is 34.8 Å². The number of fused-ring (bicyclic) bond motifs is 1. The van der Waals surface area contributed by atoms with Crippen molar-refractivity contribution in [2.45, 2.75) is 26.8 Å². The van der Waals surface area contributed by atoms with Gasteiger partial charge in [0.05, 0.1) is 22.9 Å². The lowest BCUT2D eigenvalue weighted by Crippen LogP contribution is -2.39. The maximum atomic E-state index is 13.7. The quantitative estimate of drug-likeness (QED) is 0.409. The van der Waals surface area contributed by atoms with E-state index < -0.39 is 12.0 Å². The third-order valence-electron chi connectivity index (χ3n) is 6.01. The van der Waals surface area contributed by atoms with E-state index in [1.807, 2.05) is 41.8 Å². The Hall–Kier alpha value is -3.49. The number of aryl methyl sites for hydroxylation is 1. The zero-order valence-electron chi connectivity index (χ0n) is 19.2. The fourth-order valence-corrected chi connectivity index (χ4v) is 6.32. The van der Waals surface area contributed by atoms with Crippen molar-refractivity contribution in [3.05, 3.63) is 107 Å². The van der Waals surface area contributed by atoms with Gasteiger partial charge in [0.1, 0.15) is 6.04 Å². The number of benzene rings is 1. The second kappa shape index (κ2) is 8.70. The number of aromatic nitrogens is 2. The zero-order valence-corrected chi connectivity index (χ0v) is 20.9. The molecule has 0 fully saturated rings. The number of para-hydroxylation sites is 1. The third kappa shape index (κ3) is 3.59. The van der Waals surface area contributed by atoms with Gasteiger partial charge in [-0.1, -0.05) is 35.6 Å². The van der Waals surface area contributed by atoms with Crippen LogP contribution in [0.5, 0.6) is 0 Å². The van der Waals surface area contributed by atoms with E-state index in [0.29, 0.717) is 20.6 Å². The molecule has 4 heterocycles. The van der Waals surface area contributed by atoms with Crippen molar-refractivity contribution < 1.29 is 9.53 Å².